The fraction of sp³-hybridized carbons (Fsp3) is 0.143. The van der Waals surface area contributed by atoms with Crippen LogP contribution in [0.1, 0.15) is 32.0 Å². The predicted molar refractivity (Wildman–Crippen MR) is 113 cm³/mol. The highest BCUT2D eigenvalue weighted by Crippen LogP contribution is 2.19. The summed E-state index contributed by atoms with van der Waals surface area (Å²) < 4.78 is 0. The maximum atomic E-state index is 12.3. The number of nitrogens with zero attached hydrogens (tertiary/aromatic N) is 1. The molecule has 29 heavy (non-hydrogen) atoms. The van der Waals surface area contributed by atoms with Crippen molar-refractivity contribution in [2.24, 2.45) is 0 Å². The molecule has 1 heterocycles. The van der Waals surface area contributed by atoms with Crippen LogP contribution in [0.15, 0.2) is 53.9 Å². The average molecular weight is 408 g/mol. The molecule has 7 nitrogen and oxygen atoms in total. The fourth-order valence-electron chi connectivity index (χ4n) is 2.65. The third-order valence-corrected chi connectivity index (χ3v) is 4.95. The number of thiazole rings is 1. The summed E-state index contributed by atoms with van der Waals surface area (Å²) in [6.07, 6.45) is 0.0777. The highest BCUT2D eigenvalue weighted by molar-refractivity contribution is 7.14. The number of nitrogens with one attached hydrogen (secondary N) is 3. The first-order valence-electron chi connectivity index (χ1n) is 8.89. The van der Waals surface area contributed by atoms with Gasteiger partial charge in [-0.05, 0) is 42.8 Å². The third-order valence-electron chi connectivity index (χ3n) is 4.14. The molecule has 3 rings (SSSR count). The van der Waals surface area contributed by atoms with Crippen LogP contribution in [0.2, 0.25) is 0 Å². The zero-order chi connectivity index (χ0) is 20.8. The molecular weight excluding hydrogens is 388 g/mol. The Morgan fingerprint density at radius 3 is 2.41 bits per heavy atom. The van der Waals surface area contributed by atoms with Crippen molar-refractivity contribution in [3.8, 4) is 0 Å². The number of benzene rings is 2. The number of hydrogen-bond donors (Lipinski definition) is 3. The summed E-state index contributed by atoms with van der Waals surface area (Å²) in [6, 6.07) is 13.9. The summed E-state index contributed by atoms with van der Waals surface area (Å²) in [6.45, 7) is 1.82. The van der Waals surface area contributed by atoms with Crippen molar-refractivity contribution in [1.29, 1.82) is 0 Å². The Morgan fingerprint density at radius 2 is 1.72 bits per heavy atom. The first kappa shape index (κ1) is 20.2. The summed E-state index contributed by atoms with van der Waals surface area (Å²) in [7, 11) is 1.57. The van der Waals surface area contributed by atoms with Crippen molar-refractivity contribution < 1.29 is 14.4 Å². The summed E-state index contributed by atoms with van der Waals surface area (Å²) in [5.74, 6) is -0.659. The lowest BCUT2D eigenvalue weighted by Gasteiger charge is -2.09. The number of rotatable bonds is 6. The minimum Gasteiger partial charge on any atom is -0.355 e. The van der Waals surface area contributed by atoms with Gasteiger partial charge >= 0.3 is 0 Å². The van der Waals surface area contributed by atoms with E-state index in [1.54, 1.807) is 54.9 Å². The first-order chi connectivity index (χ1) is 14.0. The van der Waals surface area contributed by atoms with E-state index in [4.69, 9.17) is 0 Å². The van der Waals surface area contributed by atoms with Gasteiger partial charge in [-0.3, -0.25) is 19.7 Å². The Kier molecular flexibility index (Phi) is 6.36. The van der Waals surface area contributed by atoms with Crippen molar-refractivity contribution >= 4 is 39.9 Å². The molecule has 148 valence electrons. The van der Waals surface area contributed by atoms with E-state index in [1.165, 1.54) is 11.3 Å². The van der Waals surface area contributed by atoms with Gasteiger partial charge in [0.1, 0.15) is 0 Å². The summed E-state index contributed by atoms with van der Waals surface area (Å²) in [4.78, 5) is 40.5. The number of aromatic nitrogens is 1. The molecule has 0 aliphatic carbocycles. The van der Waals surface area contributed by atoms with Crippen molar-refractivity contribution in [1.82, 2.24) is 10.3 Å². The molecule has 0 spiro atoms. The number of hydrogen-bond acceptors (Lipinski definition) is 5. The van der Waals surface area contributed by atoms with Crippen LogP contribution < -0.4 is 16.0 Å². The van der Waals surface area contributed by atoms with Gasteiger partial charge in [0.2, 0.25) is 5.91 Å². The number of carbonyl (C=O) groups is 3. The van der Waals surface area contributed by atoms with Crippen LogP contribution in [-0.4, -0.2) is 29.8 Å². The van der Waals surface area contributed by atoms with E-state index in [-0.39, 0.29) is 24.1 Å². The quantitative estimate of drug-likeness (QED) is 0.583. The monoisotopic (exact) mass is 408 g/mol. The lowest BCUT2D eigenvalue weighted by atomic mass is 10.1. The molecule has 1 aromatic heterocycles. The number of anilines is 2. The second-order valence-corrected chi connectivity index (χ2v) is 7.16. The van der Waals surface area contributed by atoms with E-state index in [2.05, 4.69) is 20.9 Å². The second-order valence-electron chi connectivity index (χ2n) is 6.30. The molecule has 0 saturated carbocycles. The van der Waals surface area contributed by atoms with E-state index >= 15 is 0 Å². The number of carbonyl (C=O) groups excluding carboxylic acids is 3. The smallest absolute Gasteiger partial charge is 0.257 e. The molecule has 3 aromatic rings. The third kappa shape index (κ3) is 5.26. The summed E-state index contributed by atoms with van der Waals surface area (Å²) in [5, 5.41) is 10.3. The molecule has 2 aromatic carbocycles. The van der Waals surface area contributed by atoms with Gasteiger partial charge in [-0.1, -0.05) is 18.2 Å². The minimum atomic E-state index is -0.247. The SMILES string of the molecule is CNC(=O)c1ccc(NC(=O)Cc2csc(NC(=O)c3ccccc3)n2)c(C)c1. The molecule has 0 aliphatic rings. The fourth-order valence-corrected chi connectivity index (χ4v) is 3.36. The van der Waals surface area contributed by atoms with Crippen molar-refractivity contribution in [3.63, 3.8) is 0 Å². The van der Waals surface area contributed by atoms with Crippen molar-refractivity contribution in [3.05, 3.63) is 76.3 Å². The largest absolute Gasteiger partial charge is 0.355 e. The molecule has 0 bridgehead atoms. The lowest BCUT2D eigenvalue weighted by molar-refractivity contribution is -0.115. The molecule has 0 radical (unpaired) electrons. The minimum absolute atomic E-state index is 0.0777. The average Bonchev–Trinajstić information content (AvgIpc) is 3.16. The molecular formula is C21H20N4O3S. The maximum absolute atomic E-state index is 12.3. The van der Waals surface area contributed by atoms with Gasteiger partial charge in [0.15, 0.2) is 5.13 Å². The van der Waals surface area contributed by atoms with Gasteiger partial charge in [-0.15, -0.1) is 11.3 Å². The number of aryl methyl sites for hydroxylation is 1. The summed E-state index contributed by atoms with van der Waals surface area (Å²) >= 11 is 1.26. The number of amides is 3. The molecule has 3 amide bonds. The van der Waals surface area contributed by atoms with Gasteiger partial charge in [-0.25, -0.2) is 4.98 Å². The molecule has 0 saturated heterocycles. The van der Waals surface area contributed by atoms with Gasteiger partial charge in [0.05, 0.1) is 12.1 Å². The Labute approximate surface area is 172 Å². The van der Waals surface area contributed by atoms with Crippen LogP contribution in [0.3, 0.4) is 0 Å². The normalized spacial score (nSPS) is 10.3. The summed E-state index contributed by atoms with van der Waals surface area (Å²) in [5.41, 5.74) is 3.05. The van der Waals surface area contributed by atoms with Crippen LogP contribution in [0, 0.1) is 6.92 Å². The predicted octanol–water partition coefficient (Wildman–Crippen LogP) is 3.24. The molecule has 0 unspecified atom stereocenters. The van der Waals surface area contributed by atoms with Crippen LogP contribution in [0.5, 0.6) is 0 Å². The van der Waals surface area contributed by atoms with Crippen molar-refractivity contribution in [2.45, 2.75) is 13.3 Å². The van der Waals surface area contributed by atoms with E-state index in [0.717, 1.165) is 5.56 Å². The Balaban J connectivity index is 1.59. The first-order valence-corrected chi connectivity index (χ1v) is 9.77. The van der Waals surface area contributed by atoms with Gasteiger partial charge in [0.25, 0.3) is 11.8 Å². The zero-order valence-electron chi connectivity index (χ0n) is 16.0. The van der Waals surface area contributed by atoms with E-state index < -0.39 is 0 Å². The molecule has 0 aliphatic heterocycles. The highest BCUT2D eigenvalue weighted by atomic mass is 32.1. The van der Waals surface area contributed by atoms with Crippen LogP contribution in [0.4, 0.5) is 10.8 Å². The van der Waals surface area contributed by atoms with E-state index in [9.17, 15) is 14.4 Å². The molecule has 3 N–H and O–H groups in total. The van der Waals surface area contributed by atoms with Gasteiger partial charge < -0.3 is 10.6 Å². The van der Waals surface area contributed by atoms with Crippen molar-refractivity contribution in [2.75, 3.05) is 17.7 Å². The van der Waals surface area contributed by atoms with Crippen LogP contribution in [-0.2, 0) is 11.2 Å². The standard InChI is InChI=1S/C21H20N4O3S/c1-13-10-15(19(27)22-2)8-9-17(13)24-18(26)11-16-12-29-21(23-16)25-20(28)14-6-4-3-5-7-14/h3-10,12H,11H2,1-2H3,(H,22,27)(H,24,26)(H,23,25,28). The van der Waals surface area contributed by atoms with E-state index in [1.807, 2.05) is 13.0 Å². The Morgan fingerprint density at radius 1 is 0.966 bits per heavy atom. The van der Waals surface area contributed by atoms with E-state index in [0.29, 0.717) is 27.6 Å². The van der Waals surface area contributed by atoms with Gasteiger partial charge in [-0.2, -0.15) is 0 Å². The molecule has 0 atom stereocenters. The topological polar surface area (TPSA) is 100 Å². The molecule has 8 heteroatoms. The zero-order valence-corrected chi connectivity index (χ0v) is 16.8. The van der Waals surface area contributed by atoms with Gasteiger partial charge in [0, 0.05) is 29.2 Å². The molecule has 0 fully saturated rings. The second kappa shape index (κ2) is 9.11. The maximum Gasteiger partial charge on any atom is 0.257 e. The Hall–Kier alpha value is -3.52. The Bertz CT molecular complexity index is 1050. The van der Waals surface area contributed by atoms with Crippen LogP contribution >= 0.6 is 11.3 Å². The highest BCUT2D eigenvalue weighted by Gasteiger charge is 2.13. The lowest BCUT2D eigenvalue weighted by Crippen LogP contribution is -2.19. The van der Waals surface area contributed by atoms with Crippen LogP contribution in [0.25, 0.3) is 0 Å².